The number of benzene rings is 1. The summed E-state index contributed by atoms with van der Waals surface area (Å²) in [5, 5.41) is 11.5. The Morgan fingerprint density at radius 1 is 1.16 bits per heavy atom. The highest BCUT2D eigenvalue weighted by Crippen LogP contribution is 2.11. The van der Waals surface area contributed by atoms with Gasteiger partial charge in [-0.25, -0.2) is 4.79 Å². The molecule has 0 unspecified atom stereocenters. The Morgan fingerprint density at radius 3 is 2.21 bits per heavy atom. The average Bonchev–Trinajstić information content (AvgIpc) is 2.43. The topological polar surface area (TPSA) is 75.6 Å². The van der Waals surface area contributed by atoms with Crippen LogP contribution in [-0.4, -0.2) is 24.1 Å². The summed E-state index contributed by atoms with van der Waals surface area (Å²) in [6.45, 7) is 3.24. The number of hydrogen-bond donors (Lipinski definition) is 2. The fraction of sp³-hybridized carbons (Fsp3) is 0.286. The van der Waals surface area contributed by atoms with E-state index in [0.717, 1.165) is 11.3 Å². The van der Waals surface area contributed by atoms with E-state index in [2.05, 4.69) is 5.32 Å². The quantitative estimate of drug-likeness (QED) is 0.793. The molecule has 0 saturated carbocycles. The number of amides is 1. The first kappa shape index (κ1) is 14.8. The third-order valence-electron chi connectivity index (χ3n) is 2.84. The predicted molar refractivity (Wildman–Crippen MR) is 70.9 cm³/mol. The molecule has 5 nitrogen and oxygen atoms in total. The van der Waals surface area contributed by atoms with Crippen LogP contribution in [-0.2, 0) is 16.1 Å². The molecule has 0 atom stereocenters. The largest absolute Gasteiger partial charge is 0.497 e. The van der Waals surface area contributed by atoms with Crippen LogP contribution in [0.4, 0.5) is 0 Å². The number of hydrogen-bond acceptors (Lipinski definition) is 3. The summed E-state index contributed by atoms with van der Waals surface area (Å²) >= 11 is 0. The molecule has 1 aromatic rings. The van der Waals surface area contributed by atoms with Crippen LogP contribution in [0.15, 0.2) is 35.4 Å². The number of carboxylic acid groups (broad SMARTS) is 1. The first-order valence-corrected chi connectivity index (χ1v) is 5.77. The highest BCUT2D eigenvalue weighted by molar-refractivity contribution is 6.01. The van der Waals surface area contributed by atoms with Crippen molar-refractivity contribution in [3.63, 3.8) is 0 Å². The second-order valence-corrected chi connectivity index (χ2v) is 4.09. The van der Waals surface area contributed by atoms with E-state index in [1.165, 1.54) is 13.8 Å². The van der Waals surface area contributed by atoms with Crippen molar-refractivity contribution in [2.24, 2.45) is 0 Å². The van der Waals surface area contributed by atoms with Crippen LogP contribution >= 0.6 is 0 Å². The molecule has 0 aliphatic rings. The number of carbonyl (C=O) groups is 2. The van der Waals surface area contributed by atoms with Crippen LogP contribution < -0.4 is 10.1 Å². The van der Waals surface area contributed by atoms with E-state index >= 15 is 0 Å². The van der Waals surface area contributed by atoms with Crippen LogP contribution in [0.3, 0.4) is 0 Å². The van der Waals surface area contributed by atoms with Gasteiger partial charge in [-0.15, -0.1) is 0 Å². The monoisotopic (exact) mass is 263 g/mol. The number of aliphatic carboxylic acids is 1. The van der Waals surface area contributed by atoms with Gasteiger partial charge in [-0.3, -0.25) is 4.79 Å². The summed E-state index contributed by atoms with van der Waals surface area (Å²) in [4.78, 5) is 22.5. The summed E-state index contributed by atoms with van der Waals surface area (Å²) < 4.78 is 5.03. The highest BCUT2D eigenvalue weighted by Gasteiger charge is 2.12. The number of ether oxygens (including phenoxy) is 1. The van der Waals surface area contributed by atoms with Crippen LogP contribution in [0.5, 0.6) is 5.75 Å². The Bertz CT molecular complexity index is 503. The Balaban J connectivity index is 2.63. The number of nitrogens with one attached hydrogen (secondary N) is 1. The lowest BCUT2D eigenvalue weighted by molar-refractivity contribution is -0.133. The van der Waals surface area contributed by atoms with E-state index in [0.29, 0.717) is 6.54 Å². The fourth-order valence-corrected chi connectivity index (χ4v) is 1.39. The van der Waals surface area contributed by atoms with Gasteiger partial charge < -0.3 is 15.2 Å². The standard InChI is InChI=1S/C14H17NO4/c1-9(10(2)14(17)18)13(16)15-8-11-4-6-12(19-3)7-5-11/h4-7H,8H2,1-3H3,(H,15,16)(H,17,18)/b10-9-. The Labute approximate surface area is 111 Å². The van der Waals surface area contributed by atoms with Crippen molar-refractivity contribution >= 4 is 11.9 Å². The van der Waals surface area contributed by atoms with E-state index in [4.69, 9.17) is 9.84 Å². The van der Waals surface area contributed by atoms with Gasteiger partial charge >= 0.3 is 5.97 Å². The van der Waals surface area contributed by atoms with Crippen molar-refractivity contribution in [1.82, 2.24) is 5.32 Å². The van der Waals surface area contributed by atoms with Crippen molar-refractivity contribution in [3.05, 3.63) is 41.0 Å². The normalized spacial score (nSPS) is 11.5. The number of carbonyl (C=O) groups excluding carboxylic acids is 1. The Kier molecular flexibility index (Phi) is 5.11. The maximum Gasteiger partial charge on any atom is 0.331 e. The first-order chi connectivity index (χ1) is 8.95. The third-order valence-corrected chi connectivity index (χ3v) is 2.84. The summed E-state index contributed by atoms with van der Waals surface area (Å²) in [7, 11) is 1.58. The van der Waals surface area contributed by atoms with Gasteiger partial charge in [0, 0.05) is 17.7 Å². The van der Waals surface area contributed by atoms with E-state index < -0.39 is 5.97 Å². The minimum Gasteiger partial charge on any atom is -0.497 e. The van der Waals surface area contributed by atoms with E-state index in [1.807, 2.05) is 12.1 Å². The second-order valence-electron chi connectivity index (χ2n) is 4.09. The fourth-order valence-electron chi connectivity index (χ4n) is 1.39. The molecule has 2 N–H and O–H groups in total. The lowest BCUT2D eigenvalue weighted by Crippen LogP contribution is -2.25. The first-order valence-electron chi connectivity index (χ1n) is 5.77. The molecule has 0 fully saturated rings. The molecular formula is C14H17NO4. The van der Waals surface area contributed by atoms with E-state index in [9.17, 15) is 9.59 Å². The molecule has 102 valence electrons. The molecule has 1 rings (SSSR count). The van der Waals surface area contributed by atoms with Crippen LogP contribution in [0.2, 0.25) is 0 Å². The highest BCUT2D eigenvalue weighted by atomic mass is 16.5. The van der Waals surface area contributed by atoms with Gasteiger partial charge in [0.1, 0.15) is 5.75 Å². The number of methoxy groups -OCH3 is 1. The van der Waals surface area contributed by atoms with Gasteiger partial charge in [-0.1, -0.05) is 12.1 Å². The summed E-state index contributed by atoms with van der Waals surface area (Å²) in [5.74, 6) is -0.722. The summed E-state index contributed by atoms with van der Waals surface area (Å²) in [6, 6.07) is 7.27. The van der Waals surface area contributed by atoms with Gasteiger partial charge in [-0.05, 0) is 31.5 Å². The van der Waals surface area contributed by atoms with Crippen molar-refractivity contribution in [1.29, 1.82) is 0 Å². The molecule has 0 radical (unpaired) electrons. The molecule has 0 heterocycles. The predicted octanol–water partition coefficient (Wildman–Crippen LogP) is 1.73. The smallest absolute Gasteiger partial charge is 0.331 e. The van der Waals surface area contributed by atoms with E-state index in [1.54, 1.807) is 19.2 Å². The lowest BCUT2D eigenvalue weighted by atomic mass is 10.1. The molecule has 0 aromatic heterocycles. The summed E-state index contributed by atoms with van der Waals surface area (Å²) in [5.41, 5.74) is 1.17. The maximum absolute atomic E-state index is 11.7. The zero-order valence-electron chi connectivity index (χ0n) is 11.2. The molecule has 0 spiro atoms. The van der Waals surface area contributed by atoms with Crippen LogP contribution in [0, 0.1) is 0 Å². The minimum absolute atomic E-state index is 0.0484. The molecule has 19 heavy (non-hydrogen) atoms. The summed E-state index contributed by atoms with van der Waals surface area (Å²) in [6.07, 6.45) is 0. The van der Waals surface area contributed by atoms with Crippen molar-refractivity contribution in [3.8, 4) is 5.75 Å². The SMILES string of the molecule is COc1ccc(CNC(=O)/C(C)=C(/C)C(=O)O)cc1. The average molecular weight is 263 g/mol. The lowest BCUT2D eigenvalue weighted by Gasteiger charge is -2.07. The molecule has 1 amide bonds. The van der Waals surface area contributed by atoms with E-state index in [-0.39, 0.29) is 17.1 Å². The van der Waals surface area contributed by atoms with Gasteiger partial charge in [0.05, 0.1) is 7.11 Å². The van der Waals surface area contributed by atoms with Crippen LogP contribution in [0.1, 0.15) is 19.4 Å². The Hall–Kier alpha value is -2.30. The zero-order chi connectivity index (χ0) is 14.4. The molecule has 0 aliphatic carbocycles. The van der Waals surface area contributed by atoms with Gasteiger partial charge in [0.15, 0.2) is 0 Å². The van der Waals surface area contributed by atoms with Crippen molar-refractivity contribution in [2.75, 3.05) is 7.11 Å². The van der Waals surface area contributed by atoms with Crippen molar-refractivity contribution < 1.29 is 19.4 Å². The van der Waals surface area contributed by atoms with Crippen LogP contribution in [0.25, 0.3) is 0 Å². The number of rotatable bonds is 5. The van der Waals surface area contributed by atoms with Gasteiger partial charge in [-0.2, -0.15) is 0 Å². The molecule has 0 bridgehead atoms. The molecule has 1 aromatic carbocycles. The second kappa shape index (κ2) is 6.58. The molecule has 0 saturated heterocycles. The van der Waals surface area contributed by atoms with Crippen molar-refractivity contribution in [2.45, 2.75) is 20.4 Å². The molecule has 0 aliphatic heterocycles. The van der Waals surface area contributed by atoms with Gasteiger partial charge in [0.25, 0.3) is 0 Å². The molecular weight excluding hydrogens is 246 g/mol. The maximum atomic E-state index is 11.7. The zero-order valence-corrected chi connectivity index (χ0v) is 11.2. The third kappa shape index (κ3) is 4.13. The molecule has 5 heteroatoms. The number of carboxylic acids is 1. The minimum atomic E-state index is -1.09. The van der Waals surface area contributed by atoms with Gasteiger partial charge in [0.2, 0.25) is 5.91 Å². The Morgan fingerprint density at radius 2 is 1.74 bits per heavy atom.